The van der Waals surface area contributed by atoms with Gasteiger partial charge in [0.15, 0.2) is 17.5 Å². The third-order valence-electron chi connectivity index (χ3n) is 13.6. The molecule has 14 rings (SSSR count). The van der Waals surface area contributed by atoms with Gasteiger partial charge in [0.1, 0.15) is 0 Å². The van der Waals surface area contributed by atoms with Crippen molar-refractivity contribution in [2.75, 3.05) is 0 Å². The van der Waals surface area contributed by atoms with Crippen LogP contribution in [0, 0.1) is 0 Å². The lowest BCUT2D eigenvalue weighted by molar-refractivity contribution is 1.07. The van der Waals surface area contributed by atoms with Crippen molar-refractivity contribution in [3.8, 4) is 66.9 Å². The van der Waals surface area contributed by atoms with Gasteiger partial charge in [0.05, 0.1) is 0 Å². The molecule has 3 nitrogen and oxygen atoms in total. The zero-order chi connectivity index (χ0) is 44.0. The fourth-order valence-electron chi connectivity index (χ4n) is 10.5. The molecule has 0 radical (unpaired) electrons. The highest BCUT2D eigenvalue weighted by Crippen LogP contribution is 2.45. The second-order valence-electron chi connectivity index (χ2n) is 17.5. The van der Waals surface area contributed by atoms with E-state index in [-0.39, 0.29) is 0 Å². The molecule has 310 valence electrons. The lowest BCUT2D eigenvalue weighted by Gasteiger charge is -2.17. The Bertz CT molecular complexity index is 4230. The molecule has 0 spiro atoms. The summed E-state index contributed by atoms with van der Waals surface area (Å²) in [4.78, 5) is 16.7. The predicted octanol–water partition coefficient (Wildman–Crippen LogP) is 17.4. The third kappa shape index (κ3) is 6.15. The third-order valence-corrected chi connectivity index (χ3v) is 14.8. The van der Waals surface area contributed by atoms with Gasteiger partial charge in [-0.3, -0.25) is 0 Å². The van der Waals surface area contributed by atoms with Crippen LogP contribution in [-0.4, -0.2) is 15.0 Å². The van der Waals surface area contributed by atoms with Crippen LogP contribution in [-0.2, 0) is 0 Å². The quantitative estimate of drug-likeness (QED) is 0.156. The fraction of sp³-hybridized carbons (Fsp3) is 0. The first-order valence-corrected chi connectivity index (χ1v) is 23.6. The van der Waals surface area contributed by atoms with Crippen LogP contribution >= 0.6 is 11.3 Å². The van der Waals surface area contributed by atoms with E-state index in [4.69, 9.17) is 15.0 Å². The number of thiophene rings is 1. The molecule has 0 unspecified atom stereocenters. The summed E-state index contributed by atoms with van der Waals surface area (Å²) in [5.41, 5.74) is 8.47. The van der Waals surface area contributed by atoms with Crippen molar-refractivity contribution in [1.82, 2.24) is 15.0 Å². The predicted molar refractivity (Wildman–Crippen MR) is 284 cm³/mol. The lowest BCUT2D eigenvalue weighted by atomic mass is 9.86. The molecule has 12 aromatic carbocycles. The van der Waals surface area contributed by atoms with Crippen molar-refractivity contribution < 1.29 is 0 Å². The van der Waals surface area contributed by atoms with E-state index in [2.05, 4.69) is 206 Å². The first kappa shape index (κ1) is 37.8. The molecule has 67 heavy (non-hydrogen) atoms. The molecule has 2 heterocycles. The molecule has 0 aliphatic heterocycles. The maximum absolute atomic E-state index is 5.24. The highest BCUT2D eigenvalue weighted by molar-refractivity contribution is 7.22. The van der Waals surface area contributed by atoms with Crippen LogP contribution in [0.25, 0.3) is 142 Å². The molecular weight excluding hydrogens is 831 g/mol. The summed E-state index contributed by atoms with van der Waals surface area (Å²) in [5.74, 6) is 1.91. The second-order valence-corrected chi connectivity index (χ2v) is 18.6. The Balaban J connectivity index is 0.909. The van der Waals surface area contributed by atoms with Gasteiger partial charge < -0.3 is 0 Å². The minimum absolute atomic E-state index is 0.633. The van der Waals surface area contributed by atoms with Crippen molar-refractivity contribution in [3.05, 3.63) is 224 Å². The van der Waals surface area contributed by atoms with E-state index in [0.29, 0.717) is 17.5 Å². The minimum atomic E-state index is 0.633. The molecule has 0 fully saturated rings. The van der Waals surface area contributed by atoms with Crippen LogP contribution in [0.15, 0.2) is 224 Å². The van der Waals surface area contributed by atoms with E-state index in [1.807, 2.05) is 18.2 Å². The van der Waals surface area contributed by atoms with Gasteiger partial charge >= 0.3 is 0 Å². The van der Waals surface area contributed by atoms with Crippen molar-refractivity contribution in [2.24, 2.45) is 0 Å². The molecule has 0 aliphatic rings. The molecule has 4 heteroatoms. The van der Waals surface area contributed by atoms with Crippen LogP contribution in [0.5, 0.6) is 0 Å². The van der Waals surface area contributed by atoms with Crippen LogP contribution in [0.3, 0.4) is 0 Å². The highest BCUT2D eigenvalue weighted by Gasteiger charge is 2.19. The molecule has 0 atom stereocenters. The van der Waals surface area contributed by atoms with Crippen LogP contribution in [0.1, 0.15) is 0 Å². The fourth-order valence-corrected chi connectivity index (χ4v) is 11.6. The second kappa shape index (κ2) is 15.0. The maximum Gasteiger partial charge on any atom is 0.164 e. The number of aromatic nitrogens is 3. The van der Waals surface area contributed by atoms with Gasteiger partial charge in [-0.1, -0.05) is 194 Å². The summed E-state index contributed by atoms with van der Waals surface area (Å²) in [6.07, 6.45) is 0. The molecule has 0 saturated carbocycles. The molecular formula is C63H37N3S. The molecule has 14 aromatic rings. The minimum Gasteiger partial charge on any atom is -0.208 e. The topological polar surface area (TPSA) is 38.7 Å². The van der Waals surface area contributed by atoms with E-state index in [1.165, 1.54) is 85.2 Å². The van der Waals surface area contributed by atoms with Crippen molar-refractivity contribution >= 4 is 86.1 Å². The number of hydrogen-bond donors (Lipinski definition) is 0. The van der Waals surface area contributed by atoms with Gasteiger partial charge in [0.25, 0.3) is 0 Å². The van der Waals surface area contributed by atoms with E-state index in [9.17, 15) is 0 Å². The van der Waals surface area contributed by atoms with Gasteiger partial charge in [0.2, 0.25) is 0 Å². The smallest absolute Gasteiger partial charge is 0.164 e. The lowest BCUT2D eigenvalue weighted by Crippen LogP contribution is -2.01. The van der Waals surface area contributed by atoms with Crippen LogP contribution in [0.4, 0.5) is 0 Å². The van der Waals surface area contributed by atoms with Gasteiger partial charge in [-0.15, -0.1) is 11.3 Å². The number of rotatable bonds is 6. The standard InChI is InChI=1S/C63H37N3S/c1-2-12-43(13-3-1)61-64-62(47-19-8-18-44(34-47)56-37-45-14-4-7-25-55(45)67-56)66-63(65-61)53-21-6-5-20-49(53)39-28-26-38(27-29-39)48-35-46-33-32-42-16-10-23-51-50-22-9-15-40-30-31-41-17-11-24-52(59(41)57(40)50)54(36-48)60(46)58(42)51/h1-37H. The average molecular weight is 868 g/mol. The Labute approximate surface area is 390 Å². The van der Waals surface area contributed by atoms with E-state index in [1.54, 1.807) is 11.3 Å². The summed E-state index contributed by atoms with van der Waals surface area (Å²) >= 11 is 1.80. The molecule has 2 aromatic heterocycles. The monoisotopic (exact) mass is 867 g/mol. The highest BCUT2D eigenvalue weighted by atomic mass is 32.1. The average Bonchev–Trinajstić information content (AvgIpc) is 3.85. The zero-order valence-corrected chi connectivity index (χ0v) is 36.9. The van der Waals surface area contributed by atoms with Crippen LogP contribution < -0.4 is 0 Å². The van der Waals surface area contributed by atoms with E-state index < -0.39 is 0 Å². The normalized spacial score (nSPS) is 11.9. The first-order chi connectivity index (χ1) is 33.2. The SMILES string of the molecule is c1ccc(-c2nc(-c3cccc(-c4cc5ccccc5s4)c3)nc(-c3ccccc3-c3ccc(-c4cc5ccc6cccc7c8cccc9ccc%10cccc(c(c4)c5c67)c%10c98)cc3)n2)cc1. The molecule has 0 bridgehead atoms. The number of fused-ring (bicyclic) bond motifs is 3. The molecule has 0 aliphatic carbocycles. The van der Waals surface area contributed by atoms with Gasteiger partial charge in [-0.25, -0.2) is 15.0 Å². The summed E-state index contributed by atoms with van der Waals surface area (Å²) in [6.45, 7) is 0. The van der Waals surface area contributed by atoms with Gasteiger partial charge in [-0.2, -0.15) is 0 Å². The number of nitrogens with zero attached hydrogens (tertiary/aromatic N) is 3. The summed E-state index contributed by atoms with van der Waals surface area (Å²) in [5, 5.41) is 16.6. The van der Waals surface area contributed by atoms with Gasteiger partial charge in [-0.05, 0) is 128 Å². The summed E-state index contributed by atoms with van der Waals surface area (Å²) in [6, 6.07) is 81.3. The summed E-state index contributed by atoms with van der Waals surface area (Å²) in [7, 11) is 0. The maximum atomic E-state index is 5.24. The van der Waals surface area contributed by atoms with Crippen molar-refractivity contribution in [2.45, 2.75) is 0 Å². The largest absolute Gasteiger partial charge is 0.208 e. The number of benzene rings is 11. The molecule has 0 N–H and O–H groups in total. The Hall–Kier alpha value is -8.57. The molecule has 0 amide bonds. The Kier molecular flexibility index (Phi) is 8.45. The van der Waals surface area contributed by atoms with Crippen molar-refractivity contribution in [3.63, 3.8) is 0 Å². The van der Waals surface area contributed by atoms with Crippen molar-refractivity contribution in [1.29, 1.82) is 0 Å². The Morgan fingerprint density at radius 2 is 0.761 bits per heavy atom. The van der Waals surface area contributed by atoms with Crippen LogP contribution in [0.2, 0.25) is 0 Å². The molecule has 0 saturated heterocycles. The number of hydrogen-bond acceptors (Lipinski definition) is 4. The summed E-state index contributed by atoms with van der Waals surface area (Å²) < 4.78 is 1.27. The zero-order valence-electron chi connectivity index (χ0n) is 36.1. The Morgan fingerprint density at radius 3 is 1.46 bits per heavy atom. The van der Waals surface area contributed by atoms with E-state index in [0.717, 1.165) is 38.9 Å². The van der Waals surface area contributed by atoms with E-state index >= 15 is 0 Å². The van der Waals surface area contributed by atoms with Gasteiger partial charge in [0, 0.05) is 26.3 Å². The Morgan fingerprint density at radius 1 is 0.254 bits per heavy atom. The first-order valence-electron chi connectivity index (χ1n) is 22.7.